The van der Waals surface area contributed by atoms with E-state index in [9.17, 15) is 9.18 Å². The highest BCUT2D eigenvalue weighted by atomic mass is 19.1. The molecule has 0 bridgehead atoms. The Labute approximate surface area is 101 Å². The molecule has 0 saturated heterocycles. The summed E-state index contributed by atoms with van der Waals surface area (Å²) in [5.41, 5.74) is 1.78. The lowest BCUT2D eigenvalue weighted by atomic mass is 10.2. The van der Waals surface area contributed by atoms with E-state index in [1.54, 1.807) is 11.0 Å². The molecule has 0 atom stereocenters. The maximum absolute atomic E-state index is 13.2. The molecule has 2 rings (SSSR count). The second-order valence-electron chi connectivity index (χ2n) is 4.25. The van der Waals surface area contributed by atoms with Gasteiger partial charge in [0.2, 0.25) is 5.91 Å². The molecule has 0 fully saturated rings. The molecule has 0 spiro atoms. The van der Waals surface area contributed by atoms with Gasteiger partial charge in [-0.05, 0) is 37.1 Å². The molecule has 0 radical (unpaired) electrons. The molecule has 17 heavy (non-hydrogen) atoms. The highest BCUT2D eigenvalue weighted by Crippen LogP contribution is 2.28. The first-order valence-electron chi connectivity index (χ1n) is 6.02. The number of anilines is 1. The van der Waals surface area contributed by atoms with Crippen LogP contribution in [0.2, 0.25) is 0 Å². The third-order valence-electron chi connectivity index (χ3n) is 2.95. The summed E-state index contributed by atoms with van der Waals surface area (Å²) in [6, 6.07) is 4.65. The fourth-order valence-corrected chi connectivity index (χ4v) is 2.08. The van der Waals surface area contributed by atoms with Gasteiger partial charge in [-0.1, -0.05) is 13.0 Å². The first kappa shape index (κ1) is 12.0. The molecule has 1 heterocycles. The lowest BCUT2D eigenvalue weighted by molar-refractivity contribution is -0.117. The molecule has 1 aromatic carbocycles. The Morgan fingerprint density at radius 2 is 2.35 bits per heavy atom. The molecule has 3 nitrogen and oxygen atoms in total. The van der Waals surface area contributed by atoms with Gasteiger partial charge in [-0.25, -0.2) is 4.39 Å². The Kier molecular flexibility index (Phi) is 3.74. The fourth-order valence-electron chi connectivity index (χ4n) is 2.08. The first-order valence-corrected chi connectivity index (χ1v) is 6.02. The molecule has 4 heteroatoms. The van der Waals surface area contributed by atoms with Crippen LogP contribution in [0.25, 0.3) is 0 Å². The molecule has 0 saturated carbocycles. The van der Waals surface area contributed by atoms with E-state index in [1.165, 1.54) is 12.1 Å². The van der Waals surface area contributed by atoms with Crippen molar-refractivity contribution in [2.45, 2.75) is 19.8 Å². The standard InChI is InChI=1S/C13H17FN2O/c1-2-6-15-9-13(17)16-7-5-10-3-4-11(14)8-12(10)16/h3-4,8,15H,2,5-7,9H2,1H3. The van der Waals surface area contributed by atoms with Gasteiger partial charge in [0.05, 0.1) is 6.54 Å². The Morgan fingerprint density at radius 3 is 3.12 bits per heavy atom. The van der Waals surface area contributed by atoms with Gasteiger partial charge >= 0.3 is 0 Å². The zero-order valence-electron chi connectivity index (χ0n) is 10.0. The minimum Gasteiger partial charge on any atom is -0.311 e. The van der Waals surface area contributed by atoms with Crippen molar-refractivity contribution in [3.8, 4) is 0 Å². The highest BCUT2D eigenvalue weighted by Gasteiger charge is 2.24. The first-order chi connectivity index (χ1) is 8.22. The van der Waals surface area contributed by atoms with Gasteiger partial charge in [0.25, 0.3) is 0 Å². The van der Waals surface area contributed by atoms with Crippen LogP contribution in [0.5, 0.6) is 0 Å². The minimum absolute atomic E-state index is 0.0165. The van der Waals surface area contributed by atoms with Gasteiger partial charge in [0, 0.05) is 12.2 Å². The van der Waals surface area contributed by atoms with Gasteiger partial charge in [-0.3, -0.25) is 4.79 Å². The van der Waals surface area contributed by atoms with Crippen molar-refractivity contribution < 1.29 is 9.18 Å². The smallest absolute Gasteiger partial charge is 0.240 e. The van der Waals surface area contributed by atoms with E-state index < -0.39 is 0 Å². The third-order valence-corrected chi connectivity index (χ3v) is 2.95. The number of hydrogen-bond donors (Lipinski definition) is 1. The minimum atomic E-state index is -0.287. The average molecular weight is 236 g/mol. The predicted molar refractivity (Wildman–Crippen MR) is 65.6 cm³/mol. The topological polar surface area (TPSA) is 32.3 Å². The van der Waals surface area contributed by atoms with E-state index in [1.807, 2.05) is 0 Å². The van der Waals surface area contributed by atoms with Crippen LogP contribution in [-0.4, -0.2) is 25.5 Å². The fraction of sp³-hybridized carbons (Fsp3) is 0.462. The molecule has 1 N–H and O–H groups in total. The van der Waals surface area contributed by atoms with Gasteiger partial charge in [0.1, 0.15) is 5.82 Å². The Morgan fingerprint density at radius 1 is 1.53 bits per heavy atom. The second-order valence-corrected chi connectivity index (χ2v) is 4.25. The highest BCUT2D eigenvalue weighted by molar-refractivity contribution is 5.96. The molecule has 1 aliphatic rings. The summed E-state index contributed by atoms with van der Waals surface area (Å²) >= 11 is 0. The molecule has 0 aromatic heterocycles. The van der Waals surface area contributed by atoms with Crippen LogP contribution >= 0.6 is 0 Å². The van der Waals surface area contributed by atoms with Crippen LogP contribution in [0.3, 0.4) is 0 Å². The molecule has 1 aliphatic heterocycles. The van der Waals surface area contributed by atoms with E-state index in [-0.39, 0.29) is 11.7 Å². The lowest BCUT2D eigenvalue weighted by Gasteiger charge is -2.17. The SMILES string of the molecule is CCCNCC(=O)N1CCc2ccc(F)cc21. The molecule has 1 amide bonds. The van der Waals surface area contributed by atoms with Gasteiger partial charge < -0.3 is 10.2 Å². The van der Waals surface area contributed by atoms with Gasteiger partial charge in [-0.2, -0.15) is 0 Å². The quantitative estimate of drug-likeness (QED) is 0.807. The third kappa shape index (κ3) is 2.64. The lowest BCUT2D eigenvalue weighted by Crippen LogP contribution is -2.37. The molecule has 1 aromatic rings. The largest absolute Gasteiger partial charge is 0.311 e. The van der Waals surface area contributed by atoms with Crippen LogP contribution < -0.4 is 10.2 Å². The van der Waals surface area contributed by atoms with Crippen molar-refractivity contribution in [2.24, 2.45) is 0 Å². The van der Waals surface area contributed by atoms with E-state index in [4.69, 9.17) is 0 Å². The summed E-state index contributed by atoms with van der Waals surface area (Å²) < 4.78 is 13.2. The van der Waals surface area contributed by atoms with E-state index >= 15 is 0 Å². The summed E-state index contributed by atoms with van der Waals surface area (Å²) in [6.07, 6.45) is 1.81. The predicted octanol–water partition coefficient (Wildman–Crippen LogP) is 1.71. The van der Waals surface area contributed by atoms with Crippen LogP contribution in [0.4, 0.5) is 10.1 Å². The zero-order chi connectivity index (χ0) is 12.3. The molecular weight excluding hydrogens is 219 g/mol. The Balaban J connectivity index is 2.05. The van der Waals surface area contributed by atoms with Crippen molar-refractivity contribution in [3.05, 3.63) is 29.6 Å². The number of nitrogens with zero attached hydrogens (tertiary/aromatic N) is 1. The normalized spacial score (nSPS) is 13.9. The Bertz CT molecular complexity index is 420. The van der Waals surface area contributed by atoms with E-state index in [0.29, 0.717) is 13.1 Å². The average Bonchev–Trinajstić information content (AvgIpc) is 2.72. The summed E-state index contributed by atoms with van der Waals surface area (Å²) in [7, 11) is 0. The molecular formula is C13H17FN2O. The van der Waals surface area contributed by atoms with Crippen LogP contribution in [0, 0.1) is 5.82 Å². The number of nitrogens with one attached hydrogen (secondary N) is 1. The van der Waals surface area contributed by atoms with Crippen molar-refractivity contribution in [1.29, 1.82) is 0 Å². The van der Waals surface area contributed by atoms with Gasteiger partial charge in [0.15, 0.2) is 0 Å². The Hall–Kier alpha value is -1.42. The summed E-state index contributed by atoms with van der Waals surface area (Å²) in [4.78, 5) is 13.6. The monoisotopic (exact) mass is 236 g/mol. The number of fused-ring (bicyclic) bond motifs is 1. The number of benzene rings is 1. The van der Waals surface area contributed by atoms with Crippen molar-refractivity contribution in [1.82, 2.24) is 5.32 Å². The van der Waals surface area contributed by atoms with Crippen LogP contribution in [-0.2, 0) is 11.2 Å². The number of amides is 1. The van der Waals surface area contributed by atoms with Crippen molar-refractivity contribution in [2.75, 3.05) is 24.5 Å². The molecule has 0 aliphatic carbocycles. The number of rotatable bonds is 4. The number of hydrogen-bond acceptors (Lipinski definition) is 2. The maximum atomic E-state index is 13.2. The van der Waals surface area contributed by atoms with Crippen LogP contribution in [0.15, 0.2) is 18.2 Å². The summed E-state index contributed by atoms with van der Waals surface area (Å²) in [6.45, 7) is 3.86. The van der Waals surface area contributed by atoms with E-state index in [0.717, 1.165) is 30.6 Å². The van der Waals surface area contributed by atoms with Crippen molar-refractivity contribution in [3.63, 3.8) is 0 Å². The number of halogens is 1. The zero-order valence-corrected chi connectivity index (χ0v) is 10.0. The summed E-state index contributed by atoms with van der Waals surface area (Å²) in [5.74, 6) is -0.271. The number of carbonyl (C=O) groups excluding carboxylic acids is 1. The number of carbonyl (C=O) groups is 1. The van der Waals surface area contributed by atoms with Crippen LogP contribution in [0.1, 0.15) is 18.9 Å². The second kappa shape index (κ2) is 5.27. The molecule has 0 unspecified atom stereocenters. The van der Waals surface area contributed by atoms with Gasteiger partial charge in [-0.15, -0.1) is 0 Å². The van der Waals surface area contributed by atoms with E-state index in [2.05, 4.69) is 12.2 Å². The maximum Gasteiger partial charge on any atom is 0.240 e. The molecule has 92 valence electrons. The van der Waals surface area contributed by atoms with Crippen molar-refractivity contribution >= 4 is 11.6 Å². The summed E-state index contributed by atoms with van der Waals surface area (Å²) in [5, 5.41) is 3.07.